The van der Waals surface area contributed by atoms with Gasteiger partial charge in [0.15, 0.2) is 5.13 Å². The van der Waals surface area contributed by atoms with E-state index < -0.39 is 0 Å². The monoisotopic (exact) mass is 419 g/mol. The van der Waals surface area contributed by atoms with Crippen LogP contribution in [0.1, 0.15) is 24.0 Å². The van der Waals surface area contributed by atoms with Gasteiger partial charge in [-0.05, 0) is 48.2 Å². The molecule has 0 saturated carbocycles. The van der Waals surface area contributed by atoms with Gasteiger partial charge in [-0.15, -0.1) is 11.3 Å². The van der Waals surface area contributed by atoms with Gasteiger partial charge < -0.3 is 15.4 Å². The first-order chi connectivity index (χ1) is 14.7. The lowest BCUT2D eigenvalue weighted by molar-refractivity contribution is -0.121. The van der Waals surface area contributed by atoms with Crippen LogP contribution in [0.3, 0.4) is 0 Å². The topological polar surface area (TPSA) is 80.3 Å². The fraction of sp³-hybridized carbons (Fsp3) is 0.261. The molecule has 0 bridgehead atoms. The Morgan fingerprint density at radius 2 is 2.13 bits per heavy atom. The Balaban J connectivity index is 1.18. The van der Waals surface area contributed by atoms with E-state index >= 15 is 0 Å². The summed E-state index contributed by atoms with van der Waals surface area (Å²) >= 11 is 1.41. The minimum absolute atomic E-state index is 0.0152. The number of thiazole rings is 1. The molecule has 7 heteroatoms. The van der Waals surface area contributed by atoms with E-state index in [9.17, 15) is 9.59 Å². The van der Waals surface area contributed by atoms with Gasteiger partial charge in [-0.2, -0.15) is 0 Å². The third-order valence-electron chi connectivity index (χ3n) is 5.57. The highest BCUT2D eigenvalue weighted by Gasteiger charge is 2.26. The molecule has 2 aromatic carbocycles. The molecule has 5 rings (SSSR count). The molecule has 3 aromatic rings. The van der Waals surface area contributed by atoms with Crippen LogP contribution in [0.4, 0.5) is 10.8 Å². The minimum atomic E-state index is -0.189. The zero-order chi connectivity index (χ0) is 20.5. The van der Waals surface area contributed by atoms with Gasteiger partial charge in [0.05, 0.1) is 12.3 Å². The van der Waals surface area contributed by atoms with Gasteiger partial charge in [-0.3, -0.25) is 9.59 Å². The van der Waals surface area contributed by atoms with E-state index in [-0.39, 0.29) is 24.2 Å². The molecule has 3 heterocycles. The summed E-state index contributed by atoms with van der Waals surface area (Å²) < 4.78 is 5.55. The van der Waals surface area contributed by atoms with Crippen molar-refractivity contribution < 1.29 is 14.3 Å². The molecule has 0 fully saturated rings. The van der Waals surface area contributed by atoms with Crippen LogP contribution in [0.25, 0.3) is 11.3 Å². The van der Waals surface area contributed by atoms with Crippen molar-refractivity contribution in [1.82, 2.24) is 4.98 Å². The molecule has 0 unspecified atom stereocenters. The van der Waals surface area contributed by atoms with Gasteiger partial charge in [0.1, 0.15) is 5.75 Å². The summed E-state index contributed by atoms with van der Waals surface area (Å²) in [7, 11) is 0. The van der Waals surface area contributed by atoms with E-state index in [0.717, 1.165) is 41.3 Å². The number of ether oxygens (including phenoxy) is 1. The zero-order valence-electron chi connectivity index (χ0n) is 16.3. The fourth-order valence-electron chi connectivity index (χ4n) is 3.94. The third kappa shape index (κ3) is 3.80. The van der Waals surface area contributed by atoms with Crippen molar-refractivity contribution in [2.45, 2.75) is 25.7 Å². The van der Waals surface area contributed by atoms with Crippen molar-refractivity contribution in [1.29, 1.82) is 0 Å². The van der Waals surface area contributed by atoms with Gasteiger partial charge in [-0.25, -0.2) is 4.98 Å². The van der Waals surface area contributed by atoms with Gasteiger partial charge in [-0.1, -0.05) is 18.2 Å². The Kier molecular flexibility index (Phi) is 4.96. The van der Waals surface area contributed by atoms with E-state index in [1.807, 2.05) is 41.8 Å². The maximum Gasteiger partial charge on any atom is 0.227 e. The maximum absolute atomic E-state index is 12.4. The van der Waals surface area contributed by atoms with E-state index in [0.29, 0.717) is 18.0 Å². The van der Waals surface area contributed by atoms with Crippen molar-refractivity contribution in [2.24, 2.45) is 5.92 Å². The van der Waals surface area contributed by atoms with Crippen molar-refractivity contribution >= 4 is 34.0 Å². The first kappa shape index (κ1) is 18.8. The van der Waals surface area contributed by atoms with Crippen LogP contribution in [-0.4, -0.2) is 23.4 Å². The normalized spacial score (nSPS) is 16.9. The predicted octanol–water partition coefficient (Wildman–Crippen LogP) is 4.27. The number of nitrogens with zero attached hydrogens (tertiary/aromatic N) is 1. The molecule has 2 N–H and O–H groups in total. The molecule has 0 aliphatic carbocycles. The fourth-order valence-corrected chi connectivity index (χ4v) is 4.68. The van der Waals surface area contributed by atoms with Crippen LogP contribution in [0, 0.1) is 5.92 Å². The lowest BCUT2D eigenvalue weighted by Gasteiger charge is -2.24. The third-order valence-corrected chi connectivity index (χ3v) is 6.33. The van der Waals surface area contributed by atoms with E-state index in [4.69, 9.17) is 4.74 Å². The Bertz CT molecular complexity index is 1120. The molecular weight excluding hydrogens is 398 g/mol. The van der Waals surface area contributed by atoms with E-state index in [1.165, 1.54) is 16.9 Å². The zero-order valence-corrected chi connectivity index (χ0v) is 17.1. The van der Waals surface area contributed by atoms with Gasteiger partial charge >= 0.3 is 0 Å². The Morgan fingerprint density at radius 3 is 3.07 bits per heavy atom. The average molecular weight is 420 g/mol. The number of anilines is 2. The minimum Gasteiger partial charge on any atom is -0.493 e. The SMILES string of the molecule is O=C(CC[C@H]1Cc2ccccc2NC1=O)Nc1nc(-c2ccc3c(c2)CCO3)cs1. The molecular formula is C23H21N3O3S. The summed E-state index contributed by atoms with van der Waals surface area (Å²) in [6.45, 7) is 0.724. The maximum atomic E-state index is 12.4. The Labute approximate surface area is 178 Å². The highest BCUT2D eigenvalue weighted by Crippen LogP contribution is 2.32. The number of nitrogens with one attached hydrogen (secondary N) is 2. The van der Waals surface area contributed by atoms with Crippen LogP contribution in [-0.2, 0) is 22.4 Å². The van der Waals surface area contributed by atoms with E-state index in [2.05, 4.69) is 21.7 Å². The molecule has 2 aliphatic heterocycles. The quantitative estimate of drug-likeness (QED) is 0.647. The highest BCUT2D eigenvalue weighted by molar-refractivity contribution is 7.14. The van der Waals surface area contributed by atoms with Gasteiger partial charge in [0.2, 0.25) is 11.8 Å². The number of hydrogen-bond acceptors (Lipinski definition) is 5. The number of fused-ring (bicyclic) bond motifs is 2. The number of para-hydroxylation sites is 1. The summed E-state index contributed by atoms with van der Waals surface area (Å²) in [6, 6.07) is 13.9. The summed E-state index contributed by atoms with van der Waals surface area (Å²) in [5.74, 6) is 0.617. The molecule has 6 nitrogen and oxygen atoms in total. The van der Waals surface area contributed by atoms with E-state index in [1.54, 1.807) is 0 Å². The van der Waals surface area contributed by atoms with Gasteiger partial charge in [0, 0.05) is 35.4 Å². The number of carbonyl (C=O) groups excluding carboxylic acids is 2. The second kappa shape index (κ2) is 7.91. The second-order valence-electron chi connectivity index (χ2n) is 7.59. The van der Waals surface area contributed by atoms with Gasteiger partial charge in [0.25, 0.3) is 0 Å². The highest BCUT2D eigenvalue weighted by atomic mass is 32.1. The molecule has 0 spiro atoms. The summed E-state index contributed by atoms with van der Waals surface area (Å²) in [4.78, 5) is 29.3. The smallest absolute Gasteiger partial charge is 0.227 e. The van der Waals surface area contributed by atoms with Crippen molar-refractivity contribution in [3.8, 4) is 17.0 Å². The summed E-state index contributed by atoms with van der Waals surface area (Å²) in [5.41, 5.74) is 5.05. The lowest BCUT2D eigenvalue weighted by Crippen LogP contribution is -2.30. The first-order valence-corrected chi connectivity index (χ1v) is 10.9. The van der Waals surface area contributed by atoms with Crippen LogP contribution in [0.15, 0.2) is 47.8 Å². The van der Waals surface area contributed by atoms with Crippen molar-refractivity contribution in [3.05, 3.63) is 59.0 Å². The van der Waals surface area contributed by atoms with Crippen molar-refractivity contribution in [2.75, 3.05) is 17.2 Å². The molecule has 0 radical (unpaired) electrons. The Morgan fingerprint density at radius 1 is 1.23 bits per heavy atom. The van der Waals surface area contributed by atoms with Crippen LogP contribution < -0.4 is 15.4 Å². The summed E-state index contributed by atoms with van der Waals surface area (Å²) in [6.07, 6.45) is 2.37. The van der Waals surface area contributed by atoms with Crippen LogP contribution >= 0.6 is 11.3 Å². The predicted molar refractivity (Wildman–Crippen MR) is 117 cm³/mol. The largest absolute Gasteiger partial charge is 0.493 e. The van der Waals surface area contributed by atoms with Crippen LogP contribution in [0.5, 0.6) is 5.75 Å². The molecule has 0 saturated heterocycles. The number of aromatic nitrogens is 1. The number of benzene rings is 2. The number of hydrogen-bond donors (Lipinski definition) is 2. The average Bonchev–Trinajstić information content (AvgIpc) is 3.41. The number of amides is 2. The lowest BCUT2D eigenvalue weighted by atomic mass is 9.89. The first-order valence-electron chi connectivity index (χ1n) is 10.1. The molecule has 1 aromatic heterocycles. The van der Waals surface area contributed by atoms with Crippen molar-refractivity contribution in [3.63, 3.8) is 0 Å². The van der Waals surface area contributed by atoms with Crippen LogP contribution in [0.2, 0.25) is 0 Å². The standard InChI is InChI=1S/C23H21N3O3S/c27-21(8-6-17-12-14-3-1-2-4-18(14)24-22(17)28)26-23-25-19(13-30-23)15-5-7-20-16(11-15)9-10-29-20/h1-5,7,11,13,17H,6,8-10,12H2,(H,24,28)(H,25,26,27)/t17-/m0/s1. The molecule has 30 heavy (non-hydrogen) atoms. The molecule has 2 amide bonds. The molecule has 2 aliphatic rings. The second-order valence-corrected chi connectivity index (χ2v) is 8.45. The number of rotatable bonds is 5. The number of carbonyl (C=O) groups is 2. The summed E-state index contributed by atoms with van der Waals surface area (Å²) in [5, 5.41) is 8.32. The Hall–Kier alpha value is -3.19. The molecule has 152 valence electrons. The molecule has 1 atom stereocenters.